The molecule has 5 heteroatoms. The molecule has 0 saturated carbocycles. The molecular weight excluding hydrogens is 267 g/mol. The molecule has 0 aliphatic carbocycles. The van der Waals surface area contributed by atoms with Gasteiger partial charge in [0.1, 0.15) is 18.0 Å². The van der Waals surface area contributed by atoms with Crippen molar-refractivity contribution in [2.75, 3.05) is 5.73 Å². The van der Waals surface area contributed by atoms with Crippen LogP contribution in [-0.2, 0) is 12.0 Å². The molecule has 4 nitrogen and oxygen atoms in total. The van der Waals surface area contributed by atoms with Gasteiger partial charge in [-0.05, 0) is 29.2 Å². The first kappa shape index (κ1) is 13.7. The second kappa shape index (κ2) is 4.62. The maximum Gasteiger partial charge on any atom is 0.136 e. The van der Waals surface area contributed by atoms with Crippen LogP contribution in [0.1, 0.15) is 43.2 Å². The summed E-state index contributed by atoms with van der Waals surface area (Å²) in [5.41, 5.74) is 9.51. The minimum Gasteiger partial charge on any atom is -0.383 e. The number of rotatable bonds is 1. The van der Waals surface area contributed by atoms with Gasteiger partial charge in [0.2, 0.25) is 0 Å². The second-order valence-electron chi connectivity index (χ2n) is 6.19. The lowest BCUT2D eigenvalue weighted by Crippen LogP contribution is -2.15. The summed E-state index contributed by atoms with van der Waals surface area (Å²) < 4.78 is 14.0. The van der Waals surface area contributed by atoms with E-state index in [4.69, 9.17) is 5.73 Å². The van der Waals surface area contributed by atoms with Crippen molar-refractivity contribution in [3.05, 3.63) is 52.7 Å². The second-order valence-corrected chi connectivity index (χ2v) is 6.19. The van der Waals surface area contributed by atoms with Gasteiger partial charge in [-0.1, -0.05) is 20.8 Å². The number of hydrogen-bond acceptors (Lipinski definition) is 4. The average Bonchev–Trinajstić information content (AvgIpc) is 2.83. The molecule has 1 aromatic carbocycles. The number of benzene rings is 1. The molecule has 2 N–H and O–H groups in total. The normalized spacial score (nSPS) is 14.0. The van der Waals surface area contributed by atoms with Gasteiger partial charge in [0.25, 0.3) is 0 Å². The lowest BCUT2D eigenvalue weighted by molar-refractivity contribution is 0.523. The summed E-state index contributed by atoms with van der Waals surface area (Å²) >= 11 is 0. The Morgan fingerprint density at radius 2 is 1.95 bits per heavy atom. The van der Waals surface area contributed by atoms with E-state index in [0.29, 0.717) is 17.9 Å². The maximum atomic E-state index is 14.0. The van der Waals surface area contributed by atoms with E-state index in [1.807, 2.05) is 26.8 Å². The van der Waals surface area contributed by atoms with Crippen molar-refractivity contribution in [2.45, 2.75) is 32.7 Å². The number of aliphatic imine (C=N–C) groups is 1. The maximum absolute atomic E-state index is 14.0. The van der Waals surface area contributed by atoms with Gasteiger partial charge in [0, 0.05) is 5.56 Å². The van der Waals surface area contributed by atoms with Crippen LogP contribution >= 0.6 is 0 Å². The average molecular weight is 284 g/mol. The van der Waals surface area contributed by atoms with Crippen molar-refractivity contribution in [3.8, 4) is 0 Å². The molecule has 2 heterocycles. The number of nitrogens with two attached hydrogens (primary N) is 1. The Bertz CT molecular complexity index is 744. The first-order chi connectivity index (χ1) is 9.88. The van der Waals surface area contributed by atoms with Crippen LogP contribution < -0.4 is 5.73 Å². The van der Waals surface area contributed by atoms with Gasteiger partial charge >= 0.3 is 0 Å². The summed E-state index contributed by atoms with van der Waals surface area (Å²) in [6.45, 7) is 6.44. The van der Waals surface area contributed by atoms with Gasteiger partial charge in [-0.25, -0.2) is 14.4 Å². The molecule has 0 amide bonds. The van der Waals surface area contributed by atoms with Crippen LogP contribution in [0.4, 0.5) is 10.2 Å². The van der Waals surface area contributed by atoms with Crippen LogP contribution in [0.25, 0.3) is 0 Å². The molecule has 1 aromatic heterocycles. The van der Waals surface area contributed by atoms with E-state index in [9.17, 15) is 4.39 Å². The first-order valence-corrected chi connectivity index (χ1v) is 6.82. The number of halogens is 1. The smallest absolute Gasteiger partial charge is 0.136 e. The molecule has 1 aliphatic rings. The standard InChI is InChI=1S/C16H17FN4/c1-16(2,3)10-6-9(4-5-11(10)17)14-13-12(7-19-14)20-8-21-15(13)18/h4-6,8H,7H2,1-3H3,(H2,18,20,21). The SMILES string of the molecule is CC(C)(C)c1cc(C2=NCc3ncnc(N)c32)ccc1F. The van der Waals surface area contributed by atoms with E-state index in [-0.39, 0.29) is 11.2 Å². The molecule has 0 radical (unpaired) electrons. The van der Waals surface area contributed by atoms with Crippen LogP contribution in [0.3, 0.4) is 0 Å². The Morgan fingerprint density at radius 3 is 2.67 bits per heavy atom. The highest BCUT2D eigenvalue weighted by Crippen LogP contribution is 2.30. The molecule has 0 unspecified atom stereocenters. The number of hydrogen-bond donors (Lipinski definition) is 1. The number of anilines is 1. The summed E-state index contributed by atoms with van der Waals surface area (Å²) in [7, 11) is 0. The monoisotopic (exact) mass is 284 g/mol. The Hall–Kier alpha value is -2.30. The number of nitrogens with zero attached hydrogens (tertiary/aromatic N) is 3. The Morgan fingerprint density at radius 1 is 1.19 bits per heavy atom. The van der Waals surface area contributed by atoms with Crippen molar-refractivity contribution >= 4 is 11.5 Å². The quantitative estimate of drug-likeness (QED) is 0.875. The van der Waals surface area contributed by atoms with Crippen LogP contribution in [0.2, 0.25) is 0 Å². The van der Waals surface area contributed by atoms with E-state index in [1.54, 1.807) is 6.07 Å². The molecule has 0 saturated heterocycles. The van der Waals surface area contributed by atoms with Crippen molar-refractivity contribution in [1.82, 2.24) is 9.97 Å². The third-order valence-electron chi connectivity index (χ3n) is 3.63. The van der Waals surface area contributed by atoms with Gasteiger partial charge in [-0.2, -0.15) is 0 Å². The molecule has 0 atom stereocenters. The minimum absolute atomic E-state index is 0.206. The molecular formula is C16H17FN4. The molecule has 0 spiro atoms. The summed E-state index contributed by atoms with van der Waals surface area (Å²) in [6.07, 6.45) is 1.44. The lowest BCUT2D eigenvalue weighted by atomic mass is 9.85. The molecule has 108 valence electrons. The summed E-state index contributed by atoms with van der Waals surface area (Å²) in [4.78, 5) is 12.7. The number of nitrogen functional groups attached to an aromatic ring is 1. The molecule has 0 bridgehead atoms. The highest BCUT2D eigenvalue weighted by Gasteiger charge is 2.25. The van der Waals surface area contributed by atoms with Crippen LogP contribution in [-0.4, -0.2) is 15.7 Å². The van der Waals surface area contributed by atoms with E-state index in [0.717, 1.165) is 22.5 Å². The van der Waals surface area contributed by atoms with Crippen LogP contribution in [0.5, 0.6) is 0 Å². The van der Waals surface area contributed by atoms with Crippen molar-refractivity contribution in [1.29, 1.82) is 0 Å². The minimum atomic E-state index is -0.277. The van der Waals surface area contributed by atoms with Gasteiger partial charge in [-0.3, -0.25) is 4.99 Å². The predicted molar refractivity (Wildman–Crippen MR) is 80.9 cm³/mol. The third-order valence-corrected chi connectivity index (χ3v) is 3.63. The molecule has 21 heavy (non-hydrogen) atoms. The summed E-state index contributed by atoms with van der Waals surface area (Å²) in [5, 5.41) is 0. The van der Waals surface area contributed by atoms with Crippen molar-refractivity contribution in [3.63, 3.8) is 0 Å². The highest BCUT2D eigenvalue weighted by atomic mass is 19.1. The Kier molecular flexibility index (Phi) is 3.01. The highest BCUT2D eigenvalue weighted by molar-refractivity contribution is 6.17. The van der Waals surface area contributed by atoms with Gasteiger partial charge < -0.3 is 5.73 Å². The molecule has 3 rings (SSSR count). The third kappa shape index (κ3) is 2.28. The Labute approximate surface area is 123 Å². The topological polar surface area (TPSA) is 64.2 Å². The predicted octanol–water partition coefficient (Wildman–Crippen LogP) is 2.85. The van der Waals surface area contributed by atoms with Gasteiger partial charge in [-0.15, -0.1) is 0 Å². The molecule has 2 aromatic rings. The van der Waals surface area contributed by atoms with Gasteiger partial charge in [0.05, 0.1) is 23.5 Å². The zero-order chi connectivity index (χ0) is 15.2. The zero-order valence-corrected chi connectivity index (χ0v) is 12.3. The molecule has 1 aliphatic heterocycles. The van der Waals surface area contributed by atoms with Crippen LogP contribution in [0, 0.1) is 5.82 Å². The lowest BCUT2D eigenvalue weighted by Gasteiger charge is -2.20. The number of aromatic nitrogens is 2. The largest absolute Gasteiger partial charge is 0.383 e. The van der Waals surface area contributed by atoms with E-state index < -0.39 is 0 Å². The Balaban J connectivity index is 2.13. The van der Waals surface area contributed by atoms with Gasteiger partial charge in [0.15, 0.2) is 0 Å². The fourth-order valence-corrected chi connectivity index (χ4v) is 2.53. The van der Waals surface area contributed by atoms with E-state index >= 15 is 0 Å². The van der Waals surface area contributed by atoms with Crippen molar-refractivity contribution in [2.24, 2.45) is 4.99 Å². The first-order valence-electron chi connectivity index (χ1n) is 6.82. The summed E-state index contributed by atoms with van der Waals surface area (Å²) in [6, 6.07) is 5.05. The van der Waals surface area contributed by atoms with E-state index in [2.05, 4.69) is 15.0 Å². The van der Waals surface area contributed by atoms with Crippen LogP contribution in [0.15, 0.2) is 29.5 Å². The van der Waals surface area contributed by atoms with E-state index in [1.165, 1.54) is 12.4 Å². The summed E-state index contributed by atoms with van der Waals surface area (Å²) in [5.74, 6) is 0.209. The van der Waals surface area contributed by atoms with Crippen molar-refractivity contribution < 1.29 is 4.39 Å². The molecule has 0 fully saturated rings. The fraction of sp³-hybridized carbons (Fsp3) is 0.312. The number of fused-ring (bicyclic) bond motifs is 1. The fourth-order valence-electron chi connectivity index (χ4n) is 2.53. The zero-order valence-electron chi connectivity index (χ0n) is 12.3.